The van der Waals surface area contributed by atoms with E-state index in [0.29, 0.717) is 24.2 Å². The molecule has 6 nitrogen and oxygen atoms in total. The lowest BCUT2D eigenvalue weighted by Gasteiger charge is -2.11. The number of hydrogen-bond donors (Lipinski definition) is 2. The molecule has 1 aliphatic rings. The Balaban J connectivity index is 1.56. The number of rotatable bonds is 6. The van der Waals surface area contributed by atoms with Crippen molar-refractivity contribution in [2.75, 3.05) is 13.2 Å². The molecule has 0 saturated carbocycles. The highest BCUT2D eigenvalue weighted by Crippen LogP contribution is 2.11. The van der Waals surface area contributed by atoms with Gasteiger partial charge in [0.1, 0.15) is 0 Å². The maximum atomic E-state index is 12.3. The number of hydrogen-bond acceptors (Lipinski definition) is 4. The third kappa shape index (κ3) is 4.87. The highest BCUT2D eigenvalue weighted by Gasteiger charge is 2.17. The summed E-state index contributed by atoms with van der Waals surface area (Å²) in [5.74, 6) is -0.412. The van der Waals surface area contributed by atoms with Gasteiger partial charge in [-0.3, -0.25) is 14.6 Å². The number of ether oxygens (including phenoxy) is 1. The van der Waals surface area contributed by atoms with Crippen molar-refractivity contribution in [3.05, 3.63) is 65.5 Å². The Hall–Kier alpha value is -2.73. The molecule has 0 bridgehead atoms. The van der Waals surface area contributed by atoms with Crippen molar-refractivity contribution in [3.63, 3.8) is 0 Å². The highest BCUT2D eigenvalue weighted by atomic mass is 16.5. The van der Waals surface area contributed by atoms with Crippen LogP contribution in [0.2, 0.25) is 0 Å². The number of nitrogens with one attached hydrogen (secondary N) is 2. The van der Waals surface area contributed by atoms with Gasteiger partial charge in [0.2, 0.25) is 0 Å². The normalized spacial score (nSPS) is 16.4. The van der Waals surface area contributed by atoms with E-state index in [1.807, 2.05) is 12.1 Å². The van der Waals surface area contributed by atoms with E-state index in [2.05, 4.69) is 15.6 Å². The van der Waals surface area contributed by atoms with Gasteiger partial charge in [0, 0.05) is 43.2 Å². The number of aromatic nitrogens is 1. The third-order valence-electron chi connectivity index (χ3n) is 4.10. The molecule has 6 heteroatoms. The molecular formula is C19H21N3O3. The van der Waals surface area contributed by atoms with E-state index in [0.717, 1.165) is 25.0 Å². The van der Waals surface area contributed by atoms with Gasteiger partial charge in [-0.15, -0.1) is 0 Å². The Kier molecular flexibility index (Phi) is 5.74. The molecule has 1 aromatic heterocycles. The number of nitrogens with zero attached hydrogens (tertiary/aromatic N) is 1. The molecule has 2 aromatic rings. The van der Waals surface area contributed by atoms with Crippen LogP contribution in [-0.4, -0.2) is 36.1 Å². The second kappa shape index (κ2) is 8.39. The van der Waals surface area contributed by atoms with Gasteiger partial charge in [-0.05, 0) is 48.7 Å². The number of pyridine rings is 1. The minimum atomic E-state index is -0.217. The first-order chi connectivity index (χ1) is 12.2. The van der Waals surface area contributed by atoms with Crippen LogP contribution in [0.1, 0.15) is 39.1 Å². The van der Waals surface area contributed by atoms with Crippen LogP contribution in [0, 0.1) is 0 Å². The summed E-state index contributed by atoms with van der Waals surface area (Å²) in [6, 6.07) is 10.4. The minimum Gasteiger partial charge on any atom is -0.376 e. The van der Waals surface area contributed by atoms with Gasteiger partial charge in [0.05, 0.1) is 6.10 Å². The first-order valence-electron chi connectivity index (χ1n) is 8.39. The molecule has 3 rings (SSSR count). The predicted octanol–water partition coefficient (Wildman–Crippen LogP) is 1.92. The molecular weight excluding hydrogens is 318 g/mol. The smallest absolute Gasteiger partial charge is 0.251 e. The van der Waals surface area contributed by atoms with Crippen LogP contribution in [0.4, 0.5) is 0 Å². The summed E-state index contributed by atoms with van der Waals surface area (Å²) in [4.78, 5) is 28.5. The number of amides is 2. The van der Waals surface area contributed by atoms with Crippen LogP contribution >= 0.6 is 0 Å². The van der Waals surface area contributed by atoms with Gasteiger partial charge in [-0.1, -0.05) is 6.07 Å². The second-order valence-electron chi connectivity index (χ2n) is 5.96. The van der Waals surface area contributed by atoms with Gasteiger partial charge in [0.15, 0.2) is 0 Å². The molecule has 0 spiro atoms. The number of carbonyl (C=O) groups is 2. The van der Waals surface area contributed by atoms with Crippen LogP contribution in [-0.2, 0) is 11.3 Å². The molecule has 1 aromatic carbocycles. The van der Waals surface area contributed by atoms with Crippen molar-refractivity contribution < 1.29 is 14.3 Å². The average Bonchev–Trinajstić information content (AvgIpc) is 3.18. The summed E-state index contributed by atoms with van der Waals surface area (Å²) in [7, 11) is 0. The minimum absolute atomic E-state index is 0.0933. The summed E-state index contributed by atoms with van der Waals surface area (Å²) in [6.07, 6.45) is 5.46. The fourth-order valence-corrected chi connectivity index (χ4v) is 2.70. The molecule has 1 saturated heterocycles. The Morgan fingerprint density at radius 1 is 1.08 bits per heavy atom. The van der Waals surface area contributed by atoms with Gasteiger partial charge in [-0.2, -0.15) is 0 Å². The van der Waals surface area contributed by atoms with Crippen LogP contribution in [0.3, 0.4) is 0 Å². The first kappa shape index (κ1) is 17.1. The third-order valence-corrected chi connectivity index (χ3v) is 4.10. The molecule has 1 aliphatic heterocycles. The predicted molar refractivity (Wildman–Crippen MR) is 93.2 cm³/mol. The van der Waals surface area contributed by atoms with E-state index in [9.17, 15) is 9.59 Å². The molecule has 0 aliphatic carbocycles. The topological polar surface area (TPSA) is 80.3 Å². The zero-order valence-electron chi connectivity index (χ0n) is 13.9. The molecule has 1 atom stereocenters. The quantitative estimate of drug-likeness (QED) is 0.843. The summed E-state index contributed by atoms with van der Waals surface area (Å²) in [5.41, 5.74) is 1.89. The Morgan fingerprint density at radius 3 is 2.48 bits per heavy atom. The van der Waals surface area contributed by atoms with E-state index >= 15 is 0 Å². The van der Waals surface area contributed by atoms with Crippen LogP contribution < -0.4 is 10.6 Å². The van der Waals surface area contributed by atoms with E-state index < -0.39 is 0 Å². The van der Waals surface area contributed by atoms with E-state index in [-0.39, 0.29) is 17.9 Å². The molecule has 1 unspecified atom stereocenters. The van der Waals surface area contributed by atoms with E-state index in [1.54, 1.807) is 36.7 Å². The Labute approximate surface area is 146 Å². The lowest BCUT2D eigenvalue weighted by atomic mass is 10.1. The maximum absolute atomic E-state index is 12.3. The second-order valence-corrected chi connectivity index (χ2v) is 5.96. The van der Waals surface area contributed by atoms with E-state index in [1.165, 1.54) is 0 Å². The van der Waals surface area contributed by atoms with Crippen LogP contribution in [0.25, 0.3) is 0 Å². The van der Waals surface area contributed by atoms with Crippen molar-refractivity contribution in [1.29, 1.82) is 0 Å². The van der Waals surface area contributed by atoms with Crippen LogP contribution in [0.15, 0.2) is 48.8 Å². The molecule has 130 valence electrons. The van der Waals surface area contributed by atoms with Crippen molar-refractivity contribution in [3.8, 4) is 0 Å². The zero-order chi connectivity index (χ0) is 17.5. The zero-order valence-corrected chi connectivity index (χ0v) is 13.9. The fraction of sp³-hybridized carbons (Fsp3) is 0.316. The van der Waals surface area contributed by atoms with Crippen molar-refractivity contribution >= 4 is 11.8 Å². The average molecular weight is 339 g/mol. The van der Waals surface area contributed by atoms with Crippen molar-refractivity contribution in [2.45, 2.75) is 25.5 Å². The van der Waals surface area contributed by atoms with Gasteiger partial charge >= 0.3 is 0 Å². The van der Waals surface area contributed by atoms with Gasteiger partial charge < -0.3 is 15.4 Å². The van der Waals surface area contributed by atoms with Crippen LogP contribution in [0.5, 0.6) is 0 Å². The highest BCUT2D eigenvalue weighted by molar-refractivity contribution is 5.99. The summed E-state index contributed by atoms with van der Waals surface area (Å²) < 4.78 is 5.49. The lowest BCUT2D eigenvalue weighted by molar-refractivity contribution is 0.0857. The maximum Gasteiger partial charge on any atom is 0.251 e. The number of benzene rings is 1. The molecule has 2 amide bonds. The van der Waals surface area contributed by atoms with Gasteiger partial charge in [-0.25, -0.2) is 0 Å². The van der Waals surface area contributed by atoms with Crippen molar-refractivity contribution in [1.82, 2.24) is 15.6 Å². The SMILES string of the molecule is O=C(NCc1ccncc1)c1cccc(C(=O)NCC2CCCO2)c1. The first-order valence-corrected chi connectivity index (χ1v) is 8.39. The Morgan fingerprint density at radius 2 is 1.80 bits per heavy atom. The molecule has 1 fully saturated rings. The molecule has 2 N–H and O–H groups in total. The largest absolute Gasteiger partial charge is 0.376 e. The lowest BCUT2D eigenvalue weighted by Crippen LogP contribution is -2.32. The summed E-state index contributed by atoms with van der Waals surface area (Å²) in [6.45, 7) is 1.67. The molecule has 2 heterocycles. The Bertz CT molecular complexity index is 728. The summed E-state index contributed by atoms with van der Waals surface area (Å²) >= 11 is 0. The number of carbonyl (C=O) groups excluding carboxylic acids is 2. The molecule has 0 radical (unpaired) electrons. The molecule has 25 heavy (non-hydrogen) atoms. The standard InChI is InChI=1S/C19H21N3O3/c23-18(21-12-14-6-8-20-9-7-14)15-3-1-4-16(11-15)19(24)22-13-17-5-2-10-25-17/h1,3-4,6-9,11,17H,2,5,10,12-13H2,(H,21,23)(H,22,24). The van der Waals surface area contributed by atoms with E-state index in [4.69, 9.17) is 4.74 Å². The van der Waals surface area contributed by atoms with Gasteiger partial charge in [0.25, 0.3) is 11.8 Å². The van der Waals surface area contributed by atoms with Crippen molar-refractivity contribution in [2.24, 2.45) is 0 Å². The fourth-order valence-electron chi connectivity index (χ4n) is 2.70. The monoisotopic (exact) mass is 339 g/mol. The summed E-state index contributed by atoms with van der Waals surface area (Å²) in [5, 5.41) is 5.70.